The van der Waals surface area contributed by atoms with E-state index in [2.05, 4.69) is 42.2 Å². The predicted octanol–water partition coefficient (Wildman–Crippen LogP) is 4.01. The van der Waals surface area contributed by atoms with Gasteiger partial charge in [0.1, 0.15) is 0 Å². The molecule has 0 saturated carbocycles. The molecule has 2 aromatic rings. The minimum Gasteiger partial charge on any atom is -0.366 e. The monoisotopic (exact) mass is 366 g/mol. The third-order valence-corrected chi connectivity index (χ3v) is 4.49. The number of benzene rings is 2. The Morgan fingerprint density at radius 2 is 1.75 bits per heavy atom. The van der Waals surface area contributed by atoms with Crippen LogP contribution in [0, 0.1) is 0 Å². The van der Waals surface area contributed by atoms with E-state index in [4.69, 9.17) is 5.73 Å². The molecule has 2 N–H and O–H groups in total. The van der Waals surface area contributed by atoms with E-state index in [1.165, 1.54) is 11.1 Å². The van der Waals surface area contributed by atoms with Gasteiger partial charge in [-0.25, -0.2) is 0 Å². The van der Waals surface area contributed by atoms with Gasteiger partial charge in [0.15, 0.2) is 0 Å². The molecule has 1 amide bonds. The van der Waals surface area contributed by atoms with E-state index in [1.54, 1.807) is 0 Å². The van der Waals surface area contributed by atoms with Crippen LogP contribution < -0.4 is 5.73 Å². The van der Waals surface area contributed by atoms with Crippen LogP contribution in [-0.4, -0.2) is 23.4 Å². The van der Waals surface area contributed by atoms with Crippen LogP contribution >= 0.6 is 24.8 Å². The fourth-order valence-corrected chi connectivity index (χ4v) is 2.99. The largest absolute Gasteiger partial charge is 0.366 e. The lowest BCUT2D eigenvalue weighted by molar-refractivity contribution is 0.100. The van der Waals surface area contributed by atoms with Crippen molar-refractivity contribution in [3.8, 4) is 0 Å². The van der Waals surface area contributed by atoms with Gasteiger partial charge in [-0.05, 0) is 43.0 Å². The fourth-order valence-electron chi connectivity index (χ4n) is 2.99. The Morgan fingerprint density at radius 1 is 1.12 bits per heavy atom. The van der Waals surface area contributed by atoms with Crippen molar-refractivity contribution in [1.29, 1.82) is 0 Å². The Balaban J connectivity index is 0.00000144. The molecule has 0 aromatic heterocycles. The van der Waals surface area contributed by atoms with Crippen molar-refractivity contribution in [2.75, 3.05) is 6.54 Å². The molecule has 0 bridgehead atoms. The van der Waals surface area contributed by atoms with Crippen molar-refractivity contribution in [2.45, 2.75) is 31.8 Å². The van der Waals surface area contributed by atoms with Crippen molar-refractivity contribution in [1.82, 2.24) is 4.90 Å². The molecule has 1 saturated heterocycles. The summed E-state index contributed by atoms with van der Waals surface area (Å²) >= 11 is 0. The maximum atomic E-state index is 11.1. The Labute approximate surface area is 156 Å². The summed E-state index contributed by atoms with van der Waals surface area (Å²) in [4.78, 5) is 13.6. The summed E-state index contributed by atoms with van der Waals surface area (Å²) in [5, 5.41) is 0. The first-order valence-electron chi connectivity index (χ1n) is 7.84. The quantitative estimate of drug-likeness (QED) is 0.785. The van der Waals surface area contributed by atoms with Gasteiger partial charge in [-0.2, -0.15) is 0 Å². The average Bonchev–Trinajstić information content (AvgIpc) is 3.34. The van der Waals surface area contributed by atoms with Crippen molar-refractivity contribution >= 4 is 30.7 Å². The van der Waals surface area contributed by atoms with Gasteiger partial charge in [-0.3, -0.25) is 9.69 Å². The van der Waals surface area contributed by atoms with Gasteiger partial charge < -0.3 is 5.73 Å². The number of primary amides is 1. The van der Waals surface area contributed by atoms with Gasteiger partial charge >= 0.3 is 0 Å². The molecule has 1 aliphatic rings. The second-order valence-corrected chi connectivity index (χ2v) is 6.07. The minimum absolute atomic E-state index is 0. The first-order chi connectivity index (χ1) is 10.6. The summed E-state index contributed by atoms with van der Waals surface area (Å²) in [6.45, 7) is 3.45. The van der Waals surface area contributed by atoms with Gasteiger partial charge in [-0.15, -0.1) is 24.8 Å². The standard InChI is InChI=1S/C19H22N2O.2ClH/c1-14(21-13-18(21)16-5-3-2-4-6-16)7-8-15-9-11-17(12-10-15)19(20)22;;/h2-6,9-12,14,18H,7-8,13H2,1H3,(H2,20,22);2*1H/t14-,18+,21?;;/m0../s1. The van der Waals surface area contributed by atoms with Gasteiger partial charge in [0, 0.05) is 24.2 Å². The van der Waals surface area contributed by atoms with Crippen molar-refractivity contribution in [2.24, 2.45) is 5.73 Å². The highest BCUT2D eigenvalue weighted by Crippen LogP contribution is 2.37. The minimum atomic E-state index is -0.366. The number of carbonyl (C=O) groups excluding carboxylic acids is 1. The third-order valence-electron chi connectivity index (χ3n) is 4.49. The van der Waals surface area contributed by atoms with Gasteiger partial charge in [-0.1, -0.05) is 42.5 Å². The molecule has 2 aromatic carbocycles. The maximum Gasteiger partial charge on any atom is 0.248 e. The average molecular weight is 367 g/mol. The molecule has 24 heavy (non-hydrogen) atoms. The molecule has 5 heteroatoms. The smallest absolute Gasteiger partial charge is 0.248 e. The van der Waals surface area contributed by atoms with Crippen LogP contribution in [0.4, 0.5) is 0 Å². The molecule has 1 heterocycles. The summed E-state index contributed by atoms with van der Waals surface area (Å²) in [5.41, 5.74) is 8.51. The summed E-state index contributed by atoms with van der Waals surface area (Å²) in [7, 11) is 0. The normalized spacial score (nSPS) is 19.5. The van der Waals surface area contributed by atoms with Crippen molar-refractivity contribution < 1.29 is 4.79 Å². The predicted molar refractivity (Wildman–Crippen MR) is 103 cm³/mol. The second-order valence-electron chi connectivity index (χ2n) is 6.07. The highest BCUT2D eigenvalue weighted by Gasteiger charge is 2.38. The van der Waals surface area contributed by atoms with E-state index < -0.39 is 0 Å². The van der Waals surface area contributed by atoms with Crippen molar-refractivity contribution in [3.05, 3.63) is 71.3 Å². The van der Waals surface area contributed by atoms with Crippen LogP contribution in [0.15, 0.2) is 54.6 Å². The number of halogens is 2. The summed E-state index contributed by atoms with van der Waals surface area (Å²) in [6, 6.07) is 19.5. The number of rotatable bonds is 6. The lowest BCUT2D eigenvalue weighted by Gasteiger charge is -2.14. The molecule has 0 spiro atoms. The number of hydrogen-bond acceptors (Lipinski definition) is 2. The lowest BCUT2D eigenvalue weighted by atomic mass is 10.0. The molecule has 1 fully saturated rings. The zero-order valence-corrected chi connectivity index (χ0v) is 15.4. The number of nitrogens with two attached hydrogens (primary N) is 1. The van der Waals surface area contributed by atoms with Crippen LogP contribution in [0.3, 0.4) is 0 Å². The first kappa shape index (κ1) is 20.5. The van der Waals surface area contributed by atoms with E-state index in [9.17, 15) is 4.79 Å². The SMILES string of the molecule is C[C@@H](CCc1ccc(C(N)=O)cc1)N1C[C@@H]1c1ccccc1.Cl.Cl. The molecule has 130 valence electrons. The van der Waals surface area contributed by atoms with Crippen LogP contribution in [0.25, 0.3) is 0 Å². The van der Waals surface area contributed by atoms with Crippen LogP contribution in [0.2, 0.25) is 0 Å². The highest BCUT2D eigenvalue weighted by molar-refractivity contribution is 5.92. The zero-order valence-electron chi connectivity index (χ0n) is 13.7. The van der Waals surface area contributed by atoms with Gasteiger partial charge in [0.2, 0.25) is 5.91 Å². The topological polar surface area (TPSA) is 46.1 Å². The third kappa shape index (κ3) is 4.97. The molecule has 3 atom stereocenters. The van der Waals surface area contributed by atoms with E-state index in [0.717, 1.165) is 19.4 Å². The fraction of sp³-hybridized carbons (Fsp3) is 0.316. The Hall–Kier alpha value is -1.55. The number of amides is 1. The van der Waals surface area contributed by atoms with E-state index >= 15 is 0 Å². The van der Waals surface area contributed by atoms with Crippen molar-refractivity contribution in [3.63, 3.8) is 0 Å². The second kappa shape index (κ2) is 9.07. The number of aryl methyl sites for hydroxylation is 1. The van der Waals surface area contributed by atoms with Crippen LogP contribution in [-0.2, 0) is 6.42 Å². The van der Waals surface area contributed by atoms with E-state index in [1.807, 2.05) is 24.3 Å². The molecule has 0 radical (unpaired) electrons. The molecule has 1 aliphatic heterocycles. The molecule has 0 aliphatic carbocycles. The highest BCUT2D eigenvalue weighted by atomic mass is 35.5. The van der Waals surface area contributed by atoms with Crippen LogP contribution in [0.5, 0.6) is 0 Å². The molecular formula is C19H24Cl2N2O. The number of nitrogens with zero attached hydrogens (tertiary/aromatic N) is 1. The molecule has 3 nitrogen and oxygen atoms in total. The Morgan fingerprint density at radius 3 is 2.33 bits per heavy atom. The zero-order chi connectivity index (χ0) is 15.5. The molecular weight excluding hydrogens is 343 g/mol. The molecule has 3 rings (SSSR count). The summed E-state index contributed by atoms with van der Waals surface area (Å²) < 4.78 is 0. The summed E-state index contributed by atoms with van der Waals surface area (Å²) in [5.74, 6) is -0.366. The maximum absolute atomic E-state index is 11.1. The lowest BCUT2D eigenvalue weighted by Crippen LogP contribution is -2.16. The van der Waals surface area contributed by atoms with Gasteiger partial charge in [0.25, 0.3) is 0 Å². The number of carbonyl (C=O) groups is 1. The molecule has 1 unspecified atom stereocenters. The van der Waals surface area contributed by atoms with E-state index in [-0.39, 0.29) is 30.7 Å². The Bertz CT molecular complexity index is 646. The number of hydrogen-bond donors (Lipinski definition) is 1. The van der Waals surface area contributed by atoms with Crippen LogP contribution in [0.1, 0.15) is 40.9 Å². The first-order valence-corrected chi connectivity index (χ1v) is 7.84. The Kier molecular flexibility index (Phi) is 7.74. The van der Waals surface area contributed by atoms with Gasteiger partial charge in [0.05, 0.1) is 0 Å². The summed E-state index contributed by atoms with van der Waals surface area (Å²) in [6.07, 6.45) is 2.15. The van der Waals surface area contributed by atoms with E-state index in [0.29, 0.717) is 17.6 Å².